The molecular weight excluding hydrogens is 257 g/mol. The summed E-state index contributed by atoms with van der Waals surface area (Å²) in [5, 5.41) is 0.639. The first kappa shape index (κ1) is 13.3. The van der Waals surface area contributed by atoms with Crippen molar-refractivity contribution in [3.8, 4) is 0 Å². The Kier molecular flexibility index (Phi) is 3.13. The van der Waals surface area contributed by atoms with E-state index in [1.165, 1.54) is 12.1 Å². The number of nitrogens with zero attached hydrogens (tertiary/aromatic N) is 1. The molecule has 0 bridgehead atoms. The predicted octanol–water partition coefficient (Wildman–Crippen LogP) is 3.63. The Morgan fingerprint density at radius 1 is 1.25 bits per heavy atom. The van der Waals surface area contributed by atoms with Crippen LogP contribution in [0.3, 0.4) is 0 Å². The quantitative estimate of drug-likeness (QED) is 0.802. The van der Waals surface area contributed by atoms with Crippen LogP contribution in [0.2, 0.25) is 0 Å². The van der Waals surface area contributed by atoms with E-state index < -0.39 is 5.54 Å². The maximum absolute atomic E-state index is 13.2. The van der Waals surface area contributed by atoms with Gasteiger partial charge in [0.05, 0.1) is 5.54 Å². The van der Waals surface area contributed by atoms with Crippen LogP contribution in [0.4, 0.5) is 4.39 Å². The smallest absolute Gasteiger partial charge is 0.218 e. The zero-order valence-corrected chi connectivity index (χ0v) is 11.8. The summed E-state index contributed by atoms with van der Waals surface area (Å²) in [6, 6.07) is 5.96. The summed E-state index contributed by atoms with van der Waals surface area (Å²) in [5.41, 5.74) is 0.0912. The number of likely N-dealkylation sites (N-methyl/N-ethyl adjacent to an activating group) is 1. The molecule has 1 aromatic heterocycles. The van der Waals surface area contributed by atoms with Crippen molar-refractivity contribution in [1.82, 2.24) is 4.90 Å². The molecule has 0 amide bonds. The van der Waals surface area contributed by atoms with Gasteiger partial charge in [0.2, 0.25) is 5.78 Å². The van der Waals surface area contributed by atoms with E-state index in [4.69, 9.17) is 4.42 Å². The van der Waals surface area contributed by atoms with Crippen LogP contribution < -0.4 is 0 Å². The van der Waals surface area contributed by atoms with E-state index in [-0.39, 0.29) is 11.6 Å². The van der Waals surface area contributed by atoms with E-state index in [2.05, 4.69) is 0 Å². The lowest BCUT2D eigenvalue weighted by Gasteiger charge is -2.33. The van der Waals surface area contributed by atoms with Gasteiger partial charge in [-0.25, -0.2) is 4.39 Å². The van der Waals surface area contributed by atoms with Gasteiger partial charge in [-0.15, -0.1) is 0 Å². The number of hydrogen-bond donors (Lipinski definition) is 0. The topological polar surface area (TPSA) is 33.5 Å². The Morgan fingerprint density at radius 3 is 2.60 bits per heavy atom. The van der Waals surface area contributed by atoms with Crippen LogP contribution in [-0.2, 0) is 0 Å². The summed E-state index contributed by atoms with van der Waals surface area (Å²) in [6.45, 7) is 0. The maximum Gasteiger partial charge on any atom is 0.218 e. The average Bonchev–Trinajstić information content (AvgIpc) is 3.04. The molecule has 1 aliphatic rings. The van der Waals surface area contributed by atoms with Crippen molar-refractivity contribution in [3.63, 3.8) is 0 Å². The fourth-order valence-electron chi connectivity index (χ4n) is 3.19. The van der Waals surface area contributed by atoms with Crippen molar-refractivity contribution < 1.29 is 13.6 Å². The first-order valence-electron chi connectivity index (χ1n) is 6.94. The Morgan fingerprint density at radius 2 is 1.95 bits per heavy atom. The molecule has 3 rings (SSSR count). The summed E-state index contributed by atoms with van der Waals surface area (Å²) in [6.07, 6.45) is 3.81. The van der Waals surface area contributed by atoms with Crippen LogP contribution in [0.25, 0.3) is 11.0 Å². The van der Waals surface area contributed by atoms with Gasteiger partial charge in [-0.1, -0.05) is 12.8 Å². The molecule has 0 saturated heterocycles. The molecule has 1 aromatic carbocycles. The summed E-state index contributed by atoms with van der Waals surface area (Å²) in [5.74, 6) is 0.0262. The van der Waals surface area contributed by atoms with Crippen LogP contribution in [0.1, 0.15) is 36.2 Å². The van der Waals surface area contributed by atoms with Gasteiger partial charge in [0.25, 0.3) is 0 Å². The summed E-state index contributed by atoms with van der Waals surface area (Å²) in [4.78, 5) is 14.8. The SMILES string of the molecule is CN(C)C1(C(=O)c2cc3cc(F)ccc3o2)CCCC1. The fraction of sp³-hybridized carbons (Fsp3) is 0.438. The van der Waals surface area contributed by atoms with Gasteiger partial charge in [0.1, 0.15) is 11.4 Å². The van der Waals surface area contributed by atoms with Gasteiger partial charge in [-0.05, 0) is 51.2 Å². The molecule has 2 aromatic rings. The highest BCUT2D eigenvalue weighted by Crippen LogP contribution is 2.37. The minimum atomic E-state index is -0.466. The van der Waals surface area contributed by atoms with Crippen molar-refractivity contribution >= 4 is 16.8 Å². The number of halogens is 1. The average molecular weight is 275 g/mol. The van der Waals surface area contributed by atoms with E-state index in [0.717, 1.165) is 25.7 Å². The summed E-state index contributed by atoms with van der Waals surface area (Å²) < 4.78 is 18.8. The number of benzene rings is 1. The zero-order chi connectivity index (χ0) is 14.3. The van der Waals surface area contributed by atoms with Crippen molar-refractivity contribution in [2.24, 2.45) is 0 Å². The van der Waals surface area contributed by atoms with Gasteiger partial charge >= 0.3 is 0 Å². The number of ketones is 1. The highest BCUT2D eigenvalue weighted by molar-refractivity contribution is 6.03. The van der Waals surface area contributed by atoms with Gasteiger partial charge in [-0.3, -0.25) is 9.69 Å². The third-order valence-electron chi connectivity index (χ3n) is 4.41. The Labute approximate surface area is 117 Å². The summed E-state index contributed by atoms with van der Waals surface area (Å²) >= 11 is 0. The Balaban J connectivity index is 2.03. The summed E-state index contributed by atoms with van der Waals surface area (Å²) in [7, 11) is 3.87. The Bertz CT molecular complexity index is 654. The van der Waals surface area contributed by atoms with Crippen LogP contribution in [0.15, 0.2) is 28.7 Å². The minimum absolute atomic E-state index is 0.0107. The molecule has 0 aliphatic heterocycles. The molecule has 20 heavy (non-hydrogen) atoms. The molecule has 1 aliphatic carbocycles. The molecule has 0 atom stereocenters. The van der Waals surface area contributed by atoms with Crippen LogP contribution in [0, 0.1) is 5.82 Å². The number of carbonyl (C=O) groups is 1. The van der Waals surface area contributed by atoms with Gasteiger partial charge in [0, 0.05) is 5.39 Å². The molecule has 4 heteroatoms. The lowest BCUT2D eigenvalue weighted by atomic mass is 9.89. The van der Waals surface area contributed by atoms with Crippen molar-refractivity contribution in [1.29, 1.82) is 0 Å². The van der Waals surface area contributed by atoms with E-state index in [9.17, 15) is 9.18 Å². The number of hydrogen-bond acceptors (Lipinski definition) is 3. The molecule has 1 saturated carbocycles. The highest BCUT2D eigenvalue weighted by atomic mass is 19.1. The predicted molar refractivity (Wildman–Crippen MR) is 75.4 cm³/mol. The van der Waals surface area contributed by atoms with Crippen LogP contribution in [0.5, 0.6) is 0 Å². The molecule has 1 heterocycles. The molecule has 0 N–H and O–H groups in total. The second-order valence-electron chi connectivity index (χ2n) is 5.76. The second-order valence-corrected chi connectivity index (χ2v) is 5.76. The molecule has 0 radical (unpaired) electrons. The normalized spacial score (nSPS) is 18.0. The molecule has 0 unspecified atom stereocenters. The van der Waals surface area contributed by atoms with E-state index in [1.54, 1.807) is 12.1 Å². The number of carbonyl (C=O) groups excluding carboxylic acids is 1. The van der Waals surface area contributed by atoms with E-state index >= 15 is 0 Å². The number of Topliss-reactive ketones (excluding diaryl/α,β-unsaturated/α-hetero) is 1. The van der Waals surface area contributed by atoms with Gasteiger partial charge < -0.3 is 4.42 Å². The minimum Gasteiger partial charge on any atom is -0.453 e. The van der Waals surface area contributed by atoms with E-state index in [1.807, 2.05) is 19.0 Å². The lowest BCUT2D eigenvalue weighted by molar-refractivity contribution is 0.0665. The van der Waals surface area contributed by atoms with E-state index in [0.29, 0.717) is 16.7 Å². The van der Waals surface area contributed by atoms with Crippen molar-refractivity contribution in [2.75, 3.05) is 14.1 Å². The lowest BCUT2D eigenvalue weighted by Crippen LogP contribution is -2.48. The fourth-order valence-corrected chi connectivity index (χ4v) is 3.19. The van der Waals surface area contributed by atoms with Crippen LogP contribution >= 0.6 is 0 Å². The maximum atomic E-state index is 13.2. The van der Waals surface area contributed by atoms with Gasteiger partial charge in [-0.2, -0.15) is 0 Å². The monoisotopic (exact) mass is 275 g/mol. The van der Waals surface area contributed by atoms with Crippen molar-refractivity contribution in [2.45, 2.75) is 31.2 Å². The standard InChI is InChI=1S/C16H18FNO2/c1-18(2)16(7-3-4-8-16)15(19)14-10-11-9-12(17)5-6-13(11)20-14/h5-6,9-10H,3-4,7-8H2,1-2H3. The van der Waals surface area contributed by atoms with Gasteiger partial charge in [0.15, 0.2) is 5.76 Å². The number of rotatable bonds is 3. The molecule has 106 valence electrons. The zero-order valence-electron chi connectivity index (χ0n) is 11.8. The van der Waals surface area contributed by atoms with Crippen LogP contribution in [-0.4, -0.2) is 30.3 Å². The number of fused-ring (bicyclic) bond motifs is 1. The first-order chi connectivity index (χ1) is 9.53. The van der Waals surface area contributed by atoms with Crippen molar-refractivity contribution in [3.05, 3.63) is 35.8 Å². The Hall–Kier alpha value is -1.68. The second kappa shape index (κ2) is 4.70. The largest absolute Gasteiger partial charge is 0.453 e. The first-order valence-corrected chi connectivity index (χ1v) is 6.94. The number of furan rings is 1. The molecule has 0 spiro atoms. The molecule has 3 nitrogen and oxygen atoms in total. The molecular formula is C16H18FNO2. The molecule has 1 fully saturated rings. The third kappa shape index (κ3) is 1.95. The highest BCUT2D eigenvalue weighted by Gasteiger charge is 2.44. The third-order valence-corrected chi connectivity index (χ3v) is 4.41.